The Balaban J connectivity index is 1.57. The number of aliphatic carboxylic acids is 2. The van der Waals surface area contributed by atoms with Crippen LogP contribution in [-0.4, -0.2) is 65.3 Å². The molecule has 0 heterocycles. The molecule has 4 aromatic carbocycles. The van der Waals surface area contributed by atoms with Gasteiger partial charge in [-0.1, -0.05) is 60.7 Å². The first-order valence-electron chi connectivity index (χ1n) is 16.1. The lowest BCUT2D eigenvalue weighted by Gasteiger charge is -2.18. The monoisotopic (exact) mass is 655 g/mol. The van der Waals surface area contributed by atoms with Crippen molar-refractivity contribution in [1.82, 2.24) is 5.32 Å². The number of hydrogen-bond acceptors (Lipinski definition) is 7. The highest BCUT2D eigenvalue weighted by Gasteiger charge is 2.16. The summed E-state index contributed by atoms with van der Waals surface area (Å²) in [5, 5.41) is 40.7. The van der Waals surface area contributed by atoms with Crippen molar-refractivity contribution in [3.05, 3.63) is 95.1 Å². The van der Waals surface area contributed by atoms with E-state index in [1.165, 1.54) is 0 Å². The lowest BCUT2D eigenvalue weighted by molar-refractivity contribution is -0.140. The van der Waals surface area contributed by atoms with Gasteiger partial charge < -0.3 is 35.2 Å². The van der Waals surface area contributed by atoms with Crippen LogP contribution in [0.25, 0.3) is 33.4 Å². The number of methoxy groups -OCH3 is 2. The first-order valence-corrected chi connectivity index (χ1v) is 16.1. The summed E-state index contributed by atoms with van der Waals surface area (Å²) in [4.78, 5) is 21.7. The molecule has 9 heteroatoms. The number of aliphatic hydroxyl groups excluding tert-OH is 2. The molecule has 2 atom stereocenters. The summed E-state index contributed by atoms with van der Waals surface area (Å²) in [6.07, 6.45) is -0.661. The molecule has 0 aliphatic rings. The van der Waals surface area contributed by atoms with E-state index in [-0.39, 0.29) is 19.4 Å². The summed E-state index contributed by atoms with van der Waals surface area (Å²) < 4.78 is 11.4. The van der Waals surface area contributed by atoms with Crippen LogP contribution in [0.2, 0.25) is 0 Å². The van der Waals surface area contributed by atoms with Crippen LogP contribution in [0.1, 0.15) is 47.9 Å². The topological polar surface area (TPSA) is 146 Å². The highest BCUT2D eigenvalue weighted by atomic mass is 16.5. The van der Waals surface area contributed by atoms with E-state index in [0.717, 1.165) is 61.4 Å². The Morgan fingerprint density at radius 3 is 1.69 bits per heavy atom. The van der Waals surface area contributed by atoms with E-state index in [1.54, 1.807) is 14.2 Å². The van der Waals surface area contributed by atoms with E-state index in [2.05, 4.69) is 61.6 Å². The average molecular weight is 656 g/mol. The molecule has 0 aliphatic carbocycles. The van der Waals surface area contributed by atoms with Crippen LogP contribution in [0.4, 0.5) is 0 Å². The number of benzene rings is 4. The first-order chi connectivity index (χ1) is 23.0. The second-order valence-corrected chi connectivity index (χ2v) is 12.0. The number of carboxylic acids is 2. The van der Waals surface area contributed by atoms with Crippen LogP contribution >= 0.6 is 0 Å². The second kappa shape index (κ2) is 16.9. The minimum atomic E-state index is -1.04. The van der Waals surface area contributed by atoms with Crippen molar-refractivity contribution >= 4 is 11.9 Å². The molecule has 4 rings (SSSR count). The van der Waals surface area contributed by atoms with Gasteiger partial charge in [-0.2, -0.15) is 0 Å². The Morgan fingerprint density at radius 1 is 0.688 bits per heavy atom. The fourth-order valence-corrected chi connectivity index (χ4v) is 6.14. The van der Waals surface area contributed by atoms with Gasteiger partial charge in [0.05, 0.1) is 39.3 Å². The van der Waals surface area contributed by atoms with E-state index in [0.29, 0.717) is 31.6 Å². The summed E-state index contributed by atoms with van der Waals surface area (Å²) >= 11 is 0. The molecule has 0 aromatic heterocycles. The second-order valence-electron chi connectivity index (χ2n) is 12.0. The number of carbonyl (C=O) groups is 2. The van der Waals surface area contributed by atoms with Crippen molar-refractivity contribution in [2.45, 2.75) is 64.7 Å². The maximum atomic E-state index is 10.9. The third-order valence-corrected chi connectivity index (χ3v) is 8.65. The fraction of sp³-hybridized carbons (Fsp3) is 0.333. The van der Waals surface area contributed by atoms with Crippen molar-refractivity contribution in [3.63, 3.8) is 0 Å². The van der Waals surface area contributed by atoms with Crippen LogP contribution < -0.4 is 14.8 Å². The van der Waals surface area contributed by atoms with Gasteiger partial charge in [0, 0.05) is 18.7 Å². The number of nitrogens with one attached hydrogen (secondary N) is 1. The summed E-state index contributed by atoms with van der Waals surface area (Å²) in [6, 6.07) is 24.8. The highest BCUT2D eigenvalue weighted by molar-refractivity contribution is 5.84. The Bertz CT molecular complexity index is 1610. The fourth-order valence-electron chi connectivity index (χ4n) is 6.14. The summed E-state index contributed by atoms with van der Waals surface area (Å²) in [6.45, 7) is 4.83. The highest BCUT2D eigenvalue weighted by Crippen LogP contribution is 2.39. The lowest BCUT2D eigenvalue weighted by Crippen LogP contribution is -2.28. The van der Waals surface area contributed by atoms with E-state index in [1.807, 2.05) is 30.3 Å². The first kappa shape index (κ1) is 36.1. The Morgan fingerprint density at radius 2 is 1.17 bits per heavy atom. The van der Waals surface area contributed by atoms with E-state index in [4.69, 9.17) is 19.7 Å². The minimum Gasteiger partial charge on any atom is -0.496 e. The molecule has 9 nitrogen and oxygen atoms in total. The van der Waals surface area contributed by atoms with Gasteiger partial charge in [-0.3, -0.25) is 9.59 Å². The van der Waals surface area contributed by atoms with Crippen molar-refractivity contribution in [3.8, 4) is 44.9 Å². The van der Waals surface area contributed by atoms with Gasteiger partial charge in [-0.15, -0.1) is 0 Å². The molecular weight excluding hydrogens is 610 g/mol. The molecule has 0 amide bonds. The Labute approximate surface area is 281 Å². The van der Waals surface area contributed by atoms with Gasteiger partial charge in [0.25, 0.3) is 0 Å². The van der Waals surface area contributed by atoms with E-state index in [9.17, 15) is 19.8 Å². The molecule has 0 fully saturated rings. The zero-order valence-corrected chi connectivity index (χ0v) is 28.0. The van der Waals surface area contributed by atoms with Gasteiger partial charge in [-0.05, 0) is 95.3 Å². The van der Waals surface area contributed by atoms with Crippen molar-refractivity contribution in [2.24, 2.45) is 0 Å². The van der Waals surface area contributed by atoms with Crippen LogP contribution in [0, 0.1) is 13.8 Å². The molecule has 0 radical (unpaired) electrons. The van der Waals surface area contributed by atoms with Gasteiger partial charge in [0.2, 0.25) is 0 Å². The number of rotatable bonds is 17. The lowest BCUT2D eigenvalue weighted by atomic mass is 9.87. The molecule has 0 bridgehead atoms. The third-order valence-electron chi connectivity index (χ3n) is 8.65. The average Bonchev–Trinajstić information content (AvgIpc) is 3.05. The number of aliphatic hydroxyl groups is 2. The normalized spacial score (nSPS) is 12.4. The standard InChI is InChI=1S/C39H45NO8/c1-24-32(27-15-14-26(36(18-27)47-3)8-5-9-30(41)20-38(43)44)10-6-12-34(24)35-13-7-11-33(25(35)2)28-16-17-29(37(19-28)48-4)22-40-23-31(42)21-39(45)46/h6-7,10-19,30-31,40-42H,5,8-9,20-23H2,1-4H3,(H,43,44)(H,45,46)/t30-,31+/m1/s1. The maximum absolute atomic E-state index is 10.9. The van der Waals surface area contributed by atoms with Crippen molar-refractivity contribution < 1.29 is 39.5 Å². The molecule has 5 N–H and O–H groups in total. The molecule has 254 valence electrons. The molecule has 4 aromatic rings. The van der Waals surface area contributed by atoms with Crippen molar-refractivity contribution in [1.29, 1.82) is 0 Å². The predicted molar refractivity (Wildman–Crippen MR) is 186 cm³/mol. The van der Waals surface area contributed by atoms with Gasteiger partial charge in [-0.25, -0.2) is 0 Å². The predicted octanol–water partition coefficient (Wildman–Crippen LogP) is 6.41. The molecule has 48 heavy (non-hydrogen) atoms. The van der Waals surface area contributed by atoms with Crippen LogP contribution in [0.3, 0.4) is 0 Å². The maximum Gasteiger partial charge on any atom is 0.306 e. The molecule has 0 unspecified atom stereocenters. The smallest absolute Gasteiger partial charge is 0.306 e. The zero-order valence-electron chi connectivity index (χ0n) is 28.0. The van der Waals surface area contributed by atoms with Gasteiger partial charge in [0.1, 0.15) is 11.5 Å². The SMILES string of the molecule is COc1cc(-c2cccc(-c3cccc(-c4ccc(CNC[C@@H](O)CC(=O)O)c(OC)c4)c3C)c2C)ccc1CCC[C@@H](O)CC(=O)O. The van der Waals surface area contributed by atoms with Crippen LogP contribution in [0.5, 0.6) is 11.5 Å². The quantitative estimate of drug-likeness (QED) is 0.0872. The molecule has 0 saturated carbocycles. The van der Waals surface area contributed by atoms with Crippen LogP contribution in [0.15, 0.2) is 72.8 Å². The summed E-state index contributed by atoms with van der Waals surface area (Å²) in [7, 11) is 3.26. The van der Waals surface area contributed by atoms with Crippen LogP contribution in [-0.2, 0) is 22.6 Å². The Kier molecular flexibility index (Phi) is 12.7. The number of hydrogen-bond donors (Lipinski definition) is 5. The number of ether oxygens (including phenoxy) is 2. The third kappa shape index (κ3) is 9.22. The van der Waals surface area contributed by atoms with Gasteiger partial charge >= 0.3 is 11.9 Å². The Hall–Kier alpha value is -4.70. The van der Waals surface area contributed by atoms with E-state index >= 15 is 0 Å². The molecule has 0 spiro atoms. The molecule has 0 saturated heterocycles. The van der Waals surface area contributed by atoms with Crippen molar-refractivity contribution in [2.75, 3.05) is 20.8 Å². The van der Waals surface area contributed by atoms with E-state index < -0.39 is 24.1 Å². The largest absolute Gasteiger partial charge is 0.496 e. The van der Waals surface area contributed by atoms with Gasteiger partial charge in [0.15, 0.2) is 0 Å². The molecule has 0 aliphatic heterocycles. The molecular formula is C39H45NO8. The number of aryl methyl sites for hydroxylation is 1. The summed E-state index contributed by atoms with van der Waals surface area (Å²) in [5.41, 5.74) is 10.6. The zero-order chi connectivity index (χ0) is 34.8. The number of carboxylic acid groups (broad SMARTS) is 2. The summed E-state index contributed by atoms with van der Waals surface area (Å²) in [5.74, 6) is -0.586. The minimum absolute atomic E-state index is 0.162.